The molecular formula is C15H9Cl3N2O2. The molecule has 0 bridgehead atoms. The van der Waals surface area contributed by atoms with Crippen LogP contribution in [0.25, 0.3) is 0 Å². The molecule has 0 N–H and O–H groups in total. The van der Waals surface area contributed by atoms with Crippen molar-refractivity contribution in [1.82, 2.24) is 4.98 Å². The fourth-order valence-electron chi connectivity index (χ4n) is 1.58. The van der Waals surface area contributed by atoms with Gasteiger partial charge in [-0.05, 0) is 12.1 Å². The molecule has 0 aliphatic heterocycles. The Morgan fingerprint density at radius 2 is 1.68 bits per heavy atom. The van der Waals surface area contributed by atoms with Crippen LogP contribution in [-0.4, -0.2) is 16.7 Å². The van der Waals surface area contributed by atoms with Crippen molar-refractivity contribution in [1.29, 1.82) is 0 Å². The van der Waals surface area contributed by atoms with E-state index < -0.39 is 11.0 Å². The molecule has 0 aliphatic carbocycles. The summed E-state index contributed by atoms with van der Waals surface area (Å²) in [6.45, 7) is 0. The van der Waals surface area contributed by atoms with Crippen LogP contribution < -0.4 is 0 Å². The number of carbonyl (C=O) groups excluding carboxylic acids is 1. The van der Waals surface area contributed by atoms with E-state index >= 15 is 0 Å². The lowest BCUT2D eigenvalue weighted by atomic mass is 10.0. The summed E-state index contributed by atoms with van der Waals surface area (Å²) in [6.07, 6.45) is 3.23. The molecule has 0 amide bonds. The van der Waals surface area contributed by atoms with Crippen molar-refractivity contribution in [2.75, 3.05) is 0 Å². The van der Waals surface area contributed by atoms with E-state index in [-0.39, 0.29) is 4.49 Å². The Labute approximate surface area is 142 Å². The number of hydrogen-bond acceptors (Lipinski definition) is 4. The van der Waals surface area contributed by atoms with Gasteiger partial charge in [0.25, 0.3) is 0 Å². The Morgan fingerprint density at radius 1 is 1.00 bits per heavy atom. The molecule has 112 valence electrons. The standard InChI is InChI=1S/C15H9Cl3N2O2/c16-12(14(17)18)15(21)22-20-13(10-5-2-1-3-6-10)11-7-4-8-19-9-11/h1-9H. The van der Waals surface area contributed by atoms with Gasteiger partial charge in [0.15, 0.2) is 5.03 Å². The predicted molar refractivity (Wildman–Crippen MR) is 87.0 cm³/mol. The van der Waals surface area contributed by atoms with Gasteiger partial charge in [0.2, 0.25) is 0 Å². The summed E-state index contributed by atoms with van der Waals surface area (Å²) in [5.74, 6) is -0.945. The first-order chi connectivity index (χ1) is 10.6. The Kier molecular flexibility index (Phi) is 5.95. The van der Waals surface area contributed by atoms with Gasteiger partial charge < -0.3 is 4.84 Å². The van der Waals surface area contributed by atoms with Gasteiger partial charge in [0.1, 0.15) is 10.2 Å². The van der Waals surface area contributed by atoms with Crippen LogP contribution in [0.4, 0.5) is 0 Å². The first-order valence-corrected chi connectivity index (χ1v) is 7.19. The smallest absolute Gasteiger partial charge is 0.311 e. The van der Waals surface area contributed by atoms with Crippen molar-refractivity contribution in [3.05, 3.63) is 75.5 Å². The molecule has 1 aromatic heterocycles. The normalized spacial score (nSPS) is 11.0. The van der Waals surface area contributed by atoms with Crippen LogP contribution in [0.5, 0.6) is 0 Å². The summed E-state index contributed by atoms with van der Waals surface area (Å²) >= 11 is 16.5. The molecular weight excluding hydrogens is 347 g/mol. The number of hydrogen-bond donors (Lipinski definition) is 0. The average molecular weight is 356 g/mol. The van der Waals surface area contributed by atoms with E-state index in [1.165, 1.54) is 0 Å². The van der Waals surface area contributed by atoms with Crippen LogP contribution in [-0.2, 0) is 9.63 Å². The quantitative estimate of drug-likeness (QED) is 0.356. The summed E-state index contributed by atoms with van der Waals surface area (Å²) < 4.78 is -0.385. The van der Waals surface area contributed by atoms with Crippen LogP contribution in [0, 0.1) is 0 Å². The molecule has 0 unspecified atom stereocenters. The summed E-state index contributed by atoms with van der Waals surface area (Å²) in [4.78, 5) is 20.5. The van der Waals surface area contributed by atoms with Gasteiger partial charge in [-0.3, -0.25) is 4.98 Å². The largest absolute Gasteiger partial charge is 0.379 e. The average Bonchev–Trinajstić information content (AvgIpc) is 2.56. The van der Waals surface area contributed by atoms with Crippen molar-refractivity contribution in [3.8, 4) is 0 Å². The monoisotopic (exact) mass is 354 g/mol. The molecule has 0 radical (unpaired) electrons. The molecule has 7 heteroatoms. The van der Waals surface area contributed by atoms with E-state index in [1.807, 2.05) is 30.3 Å². The first-order valence-electron chi connectivity index (χ1n) is 6.05. The highest BCUT2D eigenvalue weighted by Gasteiger charge is 2.14. The van der Waals surface area contributed by atoms with Crippen molar-refractivity contribution in [2.45, 2.75) is 0 Å². The lowest BCUT2D eigenvalue weighted by Crippen LogP contribution is -2.08. The van der Waals surface area contributed by atoms with E-state index in [4.69, 9.17) is 39.6 Å². The molecule has 0 saturated heterocycles. The summed E-state index contributed by atoms with van der Waals surface area (Å²) in [7, 11) is 0. The van der Waals surface area contributed by atoms with Crippen LogP contribution in [0.1, 0.15) is 11.1 Å². The number of oxime groups is 1. The SMILES string of the molecule is O=C(ON=C(c1ccccc1)c1cccnc1)C(Cl)=C(Cl)Cl. The second kappa shape index (κ2) is 7.94. The molecule has 2 rings (SSSR count). The third kappa shape index (κ3) is 4.31. The van der Waals surface area contributed by atoms with Gasteiger partial charge in [-0.1, -0.05) is 70.3 Å². The molecule has 2 aromatic rings. The van der Waals surface area contributed by atoms with Crippen molar-refractivity contribution >= 4 is 46.5 Å². The lowest BCUT2D eigenvalue weighted by Gasteiger charge is -2.06. The third-order valence-electron chi connectivity index (χ3n) is 2.55. The van der Waals surface area contributed by atoms with Crippen LogP contribution in [0.15, 0.2) is 69.5 Å². The summed E-state index contributed by atoms with van der Waals surface area (Å²) in [5, 5.41) is 3.42. The second-order valence-corrected chi connectivity index (χ2v) is 5.33. The van der Waals surface area contributed by atoms with Gasteiger partial charge in [-0.25, -0.2) is 4.79 Å². The van der Waals surface area contributed by atoms with Gasteiger partial charge in [0.05, 0.1) is 0 Å². The molecule has 0 saturated carbocycles. The zero-order chi connectivity index (χ0) is 15.9. The molecule has 0 spiro atoms. The fourth-order valence-corrected chi connectivity index (χ4v) is 1.76. The first kappa shape index (κ1) is 16.5. The second-order valence-electron chi connectivity index (χ2n) is 4.00. The van der Waals surface area contributed by atoms with E-state index in [0.717, 1.165) is 5.56 Å². The Balaban J connectivity index is 2.36. The molecule has 1 heterocycles. The zero-order valence-corrected chi connectivity index (χ0v) is 13.3. The lowest BCUT2D eigenvalue weighted by molar-refractivity contribution is -0.138. The Hall–Kier alpha value is -1.88. The number of carbonyl (C=O) groups is 1. The van der Waals surface area contributed by atoms with Gasteiger partial charge in [-0.2, -0.15) is 0 Å². The molecule has 22 heavy (non-hydrogen) atoms. The number of aromatic nitrogens is 1. The van der Waals surface area contributed by atoms with Crippen molar-refractivity contribution in [3.63, 3.8) is 0 Å². The van der Waals surface area contributed by atoms with Crippen LogP contribution in [0.3, 0.4) is 0 Å². The van der Waals surface area contributed by atoms with Gasteiger partial charge >= 0.3 is 5.97 Å². The van der Waals surface area contributed by atoms with E-state index in [2.05, 4.69) is 10.1 Å². The van der Waals surface area contributed by atoms with Crippen molar-refractivity contribution < 1.29 is 9.63 Å². The summed E-state index contributed by atoms with van der Waals surface area (Å²) in [6, 6.07) is 12.7. The Bertz CT molecular complexity index is 671. The molecule has 1 aromatic carbocycles. The number of pyridine rings is 1. The van der Waals surface area contributed by atoms with Gasteiger partial charge in [0, 0.05) is 23.5 Å². The molecule has 0 atom stereocenters. The number of nitrogens with zero attached hydrogens (tertiary/aromatic N) is 2. The fraction of sp³-hybridized carbons (Fsp3) is 0. The highest BCUT2D eigenvalue weighted by Crippen LogP contribution is 2.19. The maximum atomic E-state index is 11.6. The maximum Gasteiger partial charge on any atom is 0.379 e. The van der Waals surface area contributed by atoms with Crippen molar-refractivity contribution in [2.24, 2.45) is 5.16 Å². The van der Waals surface area contributed by atoms with Gasteiger partial charge in [-0.15, -0.1) is 0 Å². The van der Waals surface area contributed by atoms with E-state index in [1.54, 1.807) is 24.5 Å². The molecule has 0 fully saturated rings. The van der Waals surface area contributed by atoms with Crippen LogP contribution in [0.2, 0.25) is 0 Å². The maximum absolute atomic E-state index is 11.6. The topological polar surface area (TPSA) is 51.5 Å². The molecule has 0 aliphatic rings. The minimum Gasteiger partial charge on any atom is -0.311 e. The summed E-state index contributed by atoms with van der Waals surface area (Å²) in [5.41, 5.74) is 1.86. The predicted octanol–water partition coefficient (Wildman–Crippen LogP) is 4.26. The number of halogens is 3. The zero-order valence-electron chi connectivity index (χ0n) is 11.0. The molecule has 4 nitrogen and oxygen atoms in total. The van der Waals surface area contributed by atoms with Crippen LogP contribution >= 0.6 is 34.8 Å². The minimum atomic E-state index is -0.945. The Morgan fingerprint density at radius 3 is 2.27 bits per heavy atom. The highest BCUT2D eigenvalue weighted by molar-refractivity contribution is 6.62. The minimum absolute atomic E-state index is 0.385. The third-order valence-corrected chi connectivity index (χ3v) is 3.46. The van der Waals surface area contributed by atoms with E-state index in [0.29, 0.717) is 11.3 Å². The number of benzene rings is 1. The number of rotatable bonds is 4. The van der Waals surface area contributed by atoms with E-state index in [9.17, 15) is 4.79 Å². The highest BCUT2D eigenvalue weighted by atomic mass is 35.5.